The molecule has 0 bridgehead atoms. The normalized spacial score (nSPS) is 25.0. The molecule has 2 aliphatic rings. The second kappa shape index (κ2) is 4.14. The Labute approximate surface area is 94.1 Å². The molecular formula is C12H14O4. The zero-order valence-electron chi connectivity index (χ0n) is 8.93. The summed E-state index contributed by atoms with van der Waals surface area (Å²) in [6.07, 6.45) is -0.461. The standard InChI is InChI=1S/C12H14O4/c1-2-4-10(5-3-1)12(15-8-9-16-12)11-13-6-7-14-11/h1-5,11H,6-9H2. The maximum Gasteiger partial charge on any atom is 0.248 e. The van der Waals surface area contributed by atoms with Gasteiger partial charge in [0.1, 0.15) is 0 Å². The van der Waals surface area contributed by atoms with E-state index in [0.717, 1.165) is 5.56 Å². The minimum atomic E-state index is -0.877. The molecule has 86 valence electrons. The second-order valence-electron chi connectivity index (χ2n) is 3.80. The van der Waals surface area contributed by atoms with Crippen LogP contribution in [0.4, 0.5) is 0 Å². The molecule has 2 fully saturated rings. The molecule has 0 saturated carbocycles. The molecule has 1 aromatic carbocycles. The van der Waals surface area contributed by atoms with Crippen LogP contribution in [0, 0.1) is 0 Å². The topological polar surface area (TPSA) is 36.9 Å². The van der Waals surface area contributed by atoms with E-state index in [9.17, 15) is 0 Å². The van der Waals surface area contributed by atoms with Crippen molar-refractivity contribution in [2.45, 2.75) is 12.1 Å². The van der Waals surface area contributed by atoms with Gasteiger partial charge in [0.05, 0.1) is 26.4 Å². The summed E-state index contributed by atoms with van der Waals surface area (Å²) in [5.41, 5.74) is 0.944. The Morgan fingerprint density at radius 3 is 2.12 bits per heavy atom. The summed E-state index contributed by atoms with van der Waals surface area (Å²) in [6, 6.07) is 9.81. The van der Waals surface area contributed by atoms with Gasteiger partial charge in [0, 0.05) is 5.56 Å². The Morgan fingerprint density at radius 2 is 1.50 bits per heavy atom. The van der Waals surface area contributed by atoms with E-state index in [1.165, 1.54) is 0 Å². The fourth-order valence-electron chi connectivity index (χ4n) is 2.12. The van der Waals surface area contributed by atoms with Crippen LogP contribution in [0.5, 0.6) is 0 Å². The van der Waals surface area contributed by atoms with Crippen LogP contribution in [0.2, 0.25) is 0 Å². The predicted octanol–water partition coefficient (Wildman–Crippen LogP) is 1.26. The first-order valence-corrected chi connectivity index (χ1v) is 5.48. The summed E-state index contributed by atoms with van der Waals surface area (Å²) < 4.78 is 22.5. The lowest BCUT2D eigenvalue weighted by Crippen LogP contribution is -2.41. The van der Waals surface area contributed by atoms with Gasteiger partial charge in [-0.05, 0) is 0 Å². The third-order valence-electron chi connectivity index (χ3n) is 2.82. The molecule has 0 atom stereocenters. The van der Waals surface area contributed by atoms with Crippen LogP contribution < -0.4 is 0 Å². The maximum atomic E-state index is 5.74. The predicted molar refractivity (Wildman–Crippen MR) is 55.7 cm³/mol. The molecule has 3 rings (SSSR count). The van der Waals surface area contributed by atoms with Crippen molar-refractivity contribution in [3.8, 4) is 0 Å². The number of hydrogen-bond acceptors (Lipinski definition) is 4. The highest BCUT2D eigenvalue weighted by molar-refractivity contribution is 5.22. The average molecular weight is 222 g/mol. The van der Waals surface area contributed by atoms with Crippen molar-refractivity contribution in [2.24, 2.45) is 0 Å². The summed E-state index contributed by atoms with van der Waals surface area (Å²) in [4.78, 5) is 0. The lowest BCUT2D eigenvalue weighted by molar-refractivity contribution is -0.289. The van der Waals surface area contributed by atoms with Gasteiger partial charge in [-0.2, -0.15) is 0 Å². The van der Waals surface area contributed by atoms with E-state index in [1.807, 2.05) is 30.3 Å². The van der Waals surface area contributed by atoms with Crippen molar-refractivity contribution in [3.05, 3.63) is 35.9 Å². The van der Waals surface area contributed by atoms with Crippen molar-refractivity contribution < 1.29 is 18.9 Å². The molecular weight excluding hydrogens is 208 g/mol. The number of benzene rings is 1. The fourth-order valence-corrected chi connectivity index (χ4v) is 2.12. The molecule has 2 aliphatic heterocycles. The molecule has 0 amide bonds. The molecule has 2 saturated heterocycles. The van der Waals surface area contributed by atoms with E-state index in [0.29, 0.717) is 26.4 Å². The fraction of sp³-hybridized carbons (Fsp3) is 0.500. The smallest absolute Gasteiger partial charge is 0.248 e. The summed E-state index contributed by atoms with van der Waals surface area (Å²) in [5.74, 6) is -0.877. The molecule has 4 heteroatoms. The molecule has 0 spiro atoms. The zero-order valence-corrected chi connectivity index (χ0v) is 8.93. The van der Waals surface area contributed by atoms with Crippen molar-refractivity contribution in [1.82, 2.24) is 0 Å². The largest absolute Gasteiger partial charge is 0.345 e. The Hall–Kier alpha value is -0.940. The van der Waals surface area contributed by atoms with Crippen LogP contribution in [0.3, 0.4) is 0 Å². The lowest BCUT2D eigenvalue weighted by atomic mass is 10.1. The van der Waals surface area contributed by atoms with Gasteiger partial charge in [-0.25, -0.2) is 0 Å². The molecule has 4 nitrogen and oxygen atoms in total. The quantitative estimate of drug-likeness (QED) is 0.755. The first-order chi connectivity index (χ1) is 7.92. The lowest BCUT2D eigenvalue weighted by Gasteiger charge is -2.31. The number of rotatable bonds is 2. The van der Waals surface area contributed by atoms with Crippen LogP contribution in [0.25, 0.3) is 0 Å². The van der Waals surface area contributed by atoms with Gasteiger partial charge in [0.15, 0.2) is 0 Å². The minimum absolute atomic E-state index is 0.461. The Bertz CT molecular complexity index is 339. The third kappa shape index (κ3) is 1.55. The summed E-state index contributed by atoms with van der Waals surface area (Å²) in [7, 11) is 0. The first kappa shape index (κ1) is 10.2. The Kier molecular flexibility index (Phi) is 2.65. The SMILES string of the molecule is c1ccc(C2(C3OCCO3)OCCO2)cc1. The van der Waals surface area contributed by atoms with Gasteiger partial charge < -0.3 is 18.9 Å². The number of hydrogen-bond donors (Lipinski definition) is 0. The van der Waals surface area contributed by atoms with E-state index in [-0.39, 0.29) is 0 Å². The van der Waals surface area contributed by atoms with E-state index >= 15 is 0 Å². The van der Waals surface area contributed by atoms with Crippen molar-refractivity contribution in [3.63, 3.8) is 0 Å². The van der Waals surface area contributed by atoms with Gasteiger partial charge in [0.2, 0.25) is 12.1 Å². The summed E-state index contributed by atoms with van der Waals surface area (Å²) in [6.45, 7) is 2.31. The Morgan fingerprint density at radius 1 is 0.875 bits per heavy atom. The third-order valence-corrected chi connectivity index (χ3v) is 2.82. The van der Waals surface area contributed by atoms with Crippen LogP contribution in [-0.2, 0) is 24.7 Å². The summed E-state index contributed by atoms with van der Waals surface area (Å²) >= 11 is 0. The molecule has 1 aromatic rings. The zero-order chi connectivity index (χ0) is 10.8. The van der Waals surface area contributed by atoms with Gasteiger partial charge in [-0.1, -0.05) is 30.3 Å². The molecule has 2 heterocycles. The Balaban J connectivity index is 1.96. The van der Waals surface area contributed by atoms with Gasteiger partial charge >= 0.3 is 0 Å². The van der Waals surface area contributed by atoms with Gasteiger partial charge in [-0.3, -0.25) is 0 Å². The number of ether oxygens (including phenoxy) is 4. The van der Waals surface area contributed by atoms with E-state index in [4.69, 9.17) is 18.9 Å². The highest BCUT2D eigenvalue weighted by Crippen LogP contribution is 2.38. The molecule has 16 heavy (non-hydrogen) atoms. The molecule has 0 aliphatic carbocycles. The van der Waals surface area contributed by atoms with Crippen LogP contribution >= 0.6 is 0 Å². The van der Waals surface area contributed by atoms with Crippen molar-refractivity contribution >= 4 is 0 Å². The molecule has 0 N–H and O–H groups in total. The highest BCUT2D eigenvalue weighted by Gasteiger charge is 2.49. The van der Waals surface area contributed by atoms with E-state index in [2.05, 4.69) is 0 Å². The van der Waals surface area contributed by atoms with E-state index in [1.54, 1.807) is 0 Å². The van der Waals surface area contributed by atoms with Crippen LogP contribution in [-0.4, -0.2) is 32.7 Å². The first-order valence-electron chi connectivity index (χ1n) is 5.48. The van der Waals surface area contributed by atoms with Crippen LogP contribution in [0.1, 0.15) is 5.56 Å². The molecule has 0 aromatic heterocycles. The van der Waals surface area contributed by atoms with Crippen molar-refractivity contribution in [2.75, 3.05) is 26.4 Å². The highest BCUT2D eigenvalue weighted by atomic mass is 16.8. The van der Waals surface area contributed by atoms with Crippen molar-refractivity contribution in [1.29, 1.82) is 0 Å². The van der Waals surface area contributed by atoms with E-state index < -0.39 is 12.1 Å². The molecule has 0 radical (unpaired) electrons. The van der Waals surface area contributed by atoms with Gasteiger partial charge in [0.25, 0.3) is 0 Å². The van der Waals surface area contributed by atoms with Crippen LogP contribution in [0.15, 0.2) is 30.3 Å². The maximum absolute atomic E-state index is 5.74. The second-order valence-corrected chi connectivity index (χ2v) is 3.80. The minimum Gasteiger partial charge on any atom is -0.345 e. The summed E-state index contributed by atoms with van der Waals surface area (Å²) in [5, 5.41) is 0. The monoisotopic (exact) mass is 222 g/mol. The molecule has 0 unspecified atom stereocenters. The average Bonchev–Trinajstić information content (AvgIpc) is 3.02. The van der Waals surface area contributed by atoms with Gasteiger partial charge in [-0.15, -0.1) is 0 Å².